The minimum atomic E-state index is -1.40. The first-order valence-corrected chi connectivity index (χ1v) is 9.40. The summed E-state index contributed by atoms with van der Waals surface area (Å²) in [7, 11) is 1.06. The molecule has 2 unspecified atom stereocenters. The minimum absolute atomic E-state index is 0.0891. The molecule has 13 heteroatoms. The van der Waals surface area contributed by atoms with Crippen molar-refractivity contribution in [1.29, 1.82) is 0 Å². The number of urea groups is 1. The largest absolute Gasteiger partial charge is 0.481 e. The van der Waals surface area contributed by atoms with Gasteiger partial charge in [-0.1, -0.05) is 30.3 Å². The Morgan fingerprint density at radius 1 is 1.12 bits per heavy atom. The van der Waals surface area contributed by atoms with Crippen molar-refractivity contribution in [1.82, 2.24) is 16.0 Å². The average molecular weight is 451 g/mol. The molecule has 0 saturated carbocycles. The Kier molecular flexibility index (Phi) is 8.24. The van der Waals surface area contributed by atoms with Gasteiger partial charge >= 0.3 is 30.0 Å². The van der Waals surface area contributed by atoms with Gasteiger partial charge in [0.25, 0.3) is 5.91 Å². The highest BCUT2D eigenvalue weighted by Crippen LogP contribution is 2.14. The van der Waals surface area contributed by atoms with Crippen LogP contribution in [0.15, 0.2) is 30.3 Å². The Labute approximate surface area is 182 Å². The van der Waals surface area contributed by atoms with E-state index in [2.05, 4.69) is 20.7 Å². The summed E-state index contributed by atoms with van der Waals surface area (Å²) in [6, 6.07) is 7.82. The van der Waals surface area contributed by atoms with Crippen molar-refractivity contribution in [3.63, 3.8) is 0 Å². The maximum absolute atomic E-state index is 12.5. The number of methoxy groups -OCH3 is 1. The Balaban J connectivity index is 2.03. The summed E-state index contributed by atoms with van der Waals surface area (Å²) in [6.07, 6.45) is -3.10. The van der Waals surface area contributed by atoms with E-state index in [1.807, 2.05) is 0 Å². The van der Waals surface area contributed by atoms with Crippen LogP contribution in [0.2, 0.25) is 0 Å². The van der Waals surface area contributed by atoms with E-state index < -0.39 is 66.0 Å². The normalized spacial score (nSPS) is 18.3. The molecule has 2 rings (SSSR count). The zero-order chi connectivity index (χ0) is 23.7. The lowest BCUT2D eigenvalue weighted by molar-refractivity contribution is -0.750. The smallest absolute Gasteiger partial charge is 0.425 e. The molecule has 1 aromatic carbocycles. The topological polar surface area (TPSA) is 177 Å². The van der Waals surface area contributed by atoms with E-state index in [-0.39, 0.29) is 13.2 Å². The van der Waals surface area contributed by atoms with Crippen LogP contribution in [0.5, 0.6) is 0 Å². The summed E-state index contributed by atoms with van der Waals surface area (Å²) in [4.78, 5) is 71.9. The number of esters is 1. The van der Waals surface area contributed by atoms with Gasteiger partial charge in [0.15, 0.2) is 13.1 Å². The summed E-state index contributed by atoms with van der Waals surface area (Å²) in [5, 5.41) is 15.8. The van der Waals surface area contributed by atoms with Crippen molar-refractivity contribution in [2.75, 3.05) is 26.7 Å². The Bertz CT molecular complexity index is 887. The van der Waals surface area contributed by atoms with Crippen LogP contribution in [0, 0.1) is 0 Å². The van der Waals surface area contributed by atoms with Gasteiger partial charge < -0.3 is 25.2 Å². The number of hydrogen-bond acceptors (Lipinski definition) is 8. The van der Waals surface area contributed by atoms with Gasteiger partial charge in [-0.15, -0.1) is 0 Å². The van der Waals surface area contributed by atoms with Gasteiger partial charge in [0, 0.05) is 0 Å². The molecule has 1 aromatic rings. The number of benzene rings is 1. The van der Waals surface area contributed by atoms with Crippen molar-refractivity contribution in [3.8, 4) is 0 Å². The lowest BCUT2D eigenvalue weighted by atomic mass is 10.2. The van der Waals surface area contributed by atoms with E-state index in [0.717, 1.165) is 7.11 Å². The molecule has 1 aliphatic rings. The highest BCUT2D eigenvalue weighted by atomic mass is 16.5. The number of ether oxygens (including phenoxy) is 2. The molecule has 0 radical (unpaired) electrons. The Hall–Kier alpha value is -4.00. The van der Waals surface area contributed by atoms with E-state index in [1.54, 1.807) is 30.3 Å². The zero-order valence-corrected chi connectivity index (χ0v) is 17.2. The fourth-order valence-electron chi connectivity index (χ4n) is 2.93. The number of rotatable bonds is 10. The molecule has 0 spiro atoms. The van der Waals surface area contributed by atoms with Crippen LogP contribution in [0.1, 0.15) is 12.0 Å². The number of amides is 5. The van der Waals surface area contributed by atoms with Crippen molar-refractivity contribution < 1.29 is 47.8 Å². The number of hydrogen-bond donors (Lipinski definition) is 4. The average Bonchev–Trinajstić information content (AvgIpc) is 3.00. The molecular formula is C19H23N4O9+. The van der Waals surface area contributed by atoms with E-state index in [9.17, 15) is 28.8 Å². The minimum Gasteiger partial charge on any atom is -0.481 e. The third-order valence-corrected chi connectivity index (χ3v) is 4.52. The number of carbonyl (C=O) groups is 6. The molecule has 1 fully saturated rings. The summed E-state index contributed by atoms with van der Waals surface area (Å²) in [5.74, 6) is -3.92. The van der Waals surface area contributed by atoms with Gasteiger partial charge in [-0.3, -0.25) is 14.9 Å². The number of aliphatic carboxylic acids is 1. The standard InChI is InChI=1S/C19H22N4O9/c1-31-17(28)10-23(15(25)8-20-18(23)29)9-14(24)21-13(7-16(26)27)22-19(30)32-11-12-5-3-2-4-6-12/h2-6,13H,7-11H2,1H3,(H3-,20,21,22,24,26,27,29,30)/p+1. The van der Waals surface area contributed by atoms with Crippen LogP contribution in [0.3, 0.4) is 0 Å². The number of nitrogens with zero attached hydrogens (tertiary/aromatic N) is 1. The van der Waals surface area contributed by atoms with E-state index >= 15 is 0 Å². The molecule has 32 heavy (non-hydrogen) atoms. The van der Waals surface area contributed by atoms with Crippen molar-refractivity contribution in [2.45, 2.75) is 19.2 Å². The lowest BCUT2D eigenvalue weighted by Gasteiger charge is -2.26. The summed E-state index contributed by atoms with van der Waals surface area (Å²) < 4.78 is 8.32. The van der Waals surface area contributed by atoms with Crippen LogP contribution in [-0.2, 0) is 35.3 Å². The highest BCUT2D eigenvalue weighted by Gasteiger charge is 2.53. The van der Waals surface area contributed by atoms with Gasteiger partial charge in [0.05, 0.1) is 13.5 Å². The summed E-state index contributed by atoms with van der Waals surface area (Å²) >= 11 is 0. The monoisotopic (exact) mass is 451 g/mol. The van der Waals surface area contributed by atoms with Crippen LogP contribution in [-0.4, -0.2) is 78.4 Å². The molecule has 2 atom stereocenters. The first-order chi connectivity index (χ1) is 15.2. The number of carboxylic acid groups (broad SMARTS) is 1. The molecule has 13 nitrogen and oxygen atoms in total. The number of nitrogens with one attached hydrogen (secondary N) is 3. The SMILES string of the molecule is COC(=O)C[N+]1(CC(=O)NC(CC(=O)O)NC(=O)OCc2ccccc2)C(=O)CNC1=O. The third-order valence-electron chi connectivity index (χ3n) is 4.52. The number of carbonyl (C=O) groups excluding carboxylic acids is 5. The number of quaternary nitrogens is 1. The van der Waals surface area contributed by atoms with Crippen molar-refractivity contribution in [3.05, 3.63) is 35.9 Å². The van der Waals surface area contributed by atoms with E-state index in [4.69, 9.17) is 9.84 Å². The highest BCUT2D eigenvalue weighted by molar-refractivity contribution is 5.96. The second-order valence-electron chi connectivity index (χ2n) is 6.84. The zero-order valence-electron chi connectivity index (χ0n) is 17.2. The van der Waals surface area contributed by atoms with Crippen LogP contribution < -0.4 is 16.0 Å². The van der Waals surface area contributed by atoms with Gasteiger partial charge in [0.1, 0.15) is 19.3 Å². The molecule has 0 aromatic heterocycles. The van der Waals surface area contributed by atoms with Gasteiger partial charge in [-0.2, -0.15) is 4.48 Å². The predicted octanol–water partition coefficient (Wildman–Crippen LogP) is -0.931. The Morgan fingerprint density at radius 3 is 2.38 bits per heavy atom. The first kappa shape index (κ1) is 24.3. The molecule has 0 aliphatic carbocycles. The lowest BCUT2D eigenvalue weighted by Crippen LogP contribution is -2.61. The fourth-order valence-corrected chi connectivity index (χ4v) is 2.93. The number of carboxylic acids is 1. The van der Waals surface area contributed by atoms with Gasteiger partial charge in [-0.05, 0) is 5.56 Å². The maximum atomic E-state index is 12.5. The van der Waals surface area contributed by atoms with Crippen LogP contribution >= 0.6 is 0 Å². The van der Waals surface area contributed by atoms with E-state index in [0.29, 0.717) is 5.56 Å². The molecule has 1 heterocycles. The quantitative estimate of drug-likeness (QED) is 0.151. The van der Waals surface area contributed by atoms with Gasteiger partial charge in [0.2, 0.25) is 0 Å². The first-order valence-electron chi connectivity index (χ1n) is 9.40. The molecule has 1 aliphatic heterocycles. The number of imide groups is 1. The van der Waals surface area contributed by atoms with Crippen LogP contribution in [0.4, 0.5) is 9.59 Å². The third kappa shape index (κ3) is 6.50. The molecule has 4 N–H and O–H groups in total. The van der Waals surface area contributed by atoms with Crippen LogP contribution in [0.25, 0.3) is 0 Å². The summed E-state index contributed by atoms with van der Waals surface area (Å²) in [5.41, 5.74) is 0.689. The fraction of sp³-hybridized carbons (Fsp3) is 0.368. The predicted molar refractivity (Wildman–Crippen MR) is 104 cm³/mol. The molecular weight excluding hydrogens is 428 g/mol. The summed E-state index contributed by atoms with van der Waals surface area (Å²) in [6.45, 7) is -1.98. The molecule has 1 saturated heterocycles. The number of alkyl carbamates (subject to hydrolysis) is 1. The molecule has 172 valence electrons. The van der Waals surface area contributed by atoms with Crippen molar-refractivity contribution in [2.24, 2.45) is 0 Å². The van der Waals surface area contributed by atoms with E-state index in [1.165, 1.54) is 0 Å². The molecule has 5 amide bonds. The molecule has 0 bridgehead atoms. The van der Waals surface area contributed by atoms with Crippen molar-refractivity contribution >= 4 is 35.9 Å². The maximum Gasteiger partial charge on any atom is 0.425 e. The van der Waals surface area contributed by atoms with Gasteiger partial charge in [-0.25, -0.2) is 19.2 Å². The second-order valence-corrected chi connectivity index (χ2v) is 6.84. The second kappa shape index (κ2) is 10.9. The Morgan fingerprint density at radius 2 is 1.81 bits per heavy atom.